The average Bonchev–Trinajstić information content (AvgIpc) is 2.98. The van der Waals surface area contributed by atoms with Crippen LogP contribution < -0.4 is 5.32 Å². The number of para-hydroxylation sites is 1. The van der Waals surface area contributed by atoms with E-state index in [1.54, 1.807) is 10.9 Å². The molecule has 0 bridgehead atoms. The number of hydrogen-bond acceptors (Lipinski definition) is 3. The third-order valence-corrected chi connectivity index (χ3v) is 4.25. The predicted octanol–water partition coefficient (Wildman–Crippen LogP) is 3.80. The van der Waals surface area contributed by atoms with Gasteiger partial charge in [-0.15, -0.1) is 0 Å². The number of nitrogens with one attached hydrogen (secondary N) is 1. The van der Waals surface area contributed by atoms with Crippen molar-refractivity contribution in [3.63, 3.8) is 0 Å². The van der Waals surface area contributed by atoms with Crippen LogP contribution in [0.4, 0.5) is 5.69 Å². The van der Waals surface area contributed by atoms with Crippen LogP contribution >= 0.6 is 0 Å². The third-order valence-electron chi connectivity index (χ3n) is 4.25. The van der Waals surface area contributed by atoms with Crippen molar-refractivity contribution in [1.29, 1.82) is 0 Å². The van der Waals surface area contributed by atoms with Crippen LogP contribution in [0.15, 0.2) is 54.7 Å². The Morgan fingerprint density at radius 2 is 1.88 bits per heavy atom. The van der Waals surface area contributed by atoms with Gasteiger partial charge in [0.2, 0.25) is 0 Å². The van der Waals surface area contributed by atoms with Gasteiger partial charge in [0, 0.05) is 12.2 Å². The second-order valence-corrected chi connectivity index (χ2v) is 6.74. The van der Waals surface area contributed by atoms with Crippen LogP contribution in [0.2, 0.25) is 0 Å². The van der Waals surface area contributed by atoms with E-state index in [1.807, 2.05) is 76.5 Å². The lowest BCUT2D eigenvalue weighted by Crippen LogP contribution is -2.17. The highest BCUT2D eigenvalue weighted by atomic mass is 16.1. The van der Waals surface area contributed by atoms with E-state index in [4.69, 9.17) is 0 Å². The maximum atomic E-state index is 12.8. The summed E-state index contributed by atoms with van der Waals surface area (Å²) in [5, 5.41) is 7.44. The van der Waals surface area contributed by atoms with Crippen LogP contribution in [0, 0.1) is 13.8 Å². The van der Waals surface area contributed by atoms with Crippen LogP contribution in [-0.2, 0) is 6.54 Å². The van der Waals surface area contributed by atoms with Gasteiger partial charge in [-0.05, 0) is 57.3 Å². The van der Waals surface area contributed by atoms with Gasteiger partial charge in [0.05, 0.1) is 23.1 Å². The molecule has 0 aliphatic carbocycles. The van der Waals surface area contributed by atoms with Crippen molar-refractivity contribution in [2.75, 3.05) is 19.4 Å². The van der Waals surface area contributed by atoms with E-state index < -0.39 is 0 Å². The molecule has 0 saturated heterocycles. The molecule has 5 nitrogen and oxygen atoms in total. The highest BCUT2D eigenvalue weighted by molar-refractivity contribution is 6.05. The van der Waals surface area contributed by atoms with Crippen LogP contribution in [0.1, 0.15) is 27.2 Å². The van der Waals surface area contributed by atoms with E-state index in [0.29, 0.717) is 5.56 Å². The number of rotatable bonds is 5. The molecule has 1 heterocycles. The molecule has 0 radical (unpaired) electrons. The van der Waals surface area contributed by atoms with Crippen LogP contribution in [-0.4, -0.2) is 34.7 Å². The van der Waals surface area contributed by atoms with Gasteiger partial charge in [-0.25, -0.2) is 4.68 Å². The first-order valence-corrected chi connectivity index (χ1v) is 8.61. The monoisotopic (exact) mass is 348 g/mol. The highest BCUT2D eigenvalue weighted by Gasteiger charge is 2.16. The summed E-state index contributed by atoms with van der Waals surface area (Å²) in [5.74, 6) is -0.146. The lowest BCUT2D eigenvalue weighted by atomic mass is 10.1. The van der Waals surface area contributed by atoms with Crippen molar-refractivity contribution in [3.05, 3.63) is 77.1 Å². The zero-order valence-corrected chi connectivity index (χ0v) is 15.7. The lowest BCUT2D eigenvalue weighted by molar-refractivity contribution is 0.102. The second-order valence-electron chi connectivity index (χ2n) is 6.74. The normalized spacial score (nSPS) is 11.0. The van der Waals surface area contributed by atoms with Gasteiger partial charge in [0.25, 0.3) is 5.91 Å². The number of carbonyl (C=O) groups excluding carboxylic acids is 1. The number of amides is 1. The number of aryl methyl sites for hydroxylation is 1. The van der Waals surface area contributed by atoms with Crippen LogP contribution in [0.3, 0.4) is 0 Å². The molecule has 0 spiro atoms. The first-order chi connectivity index (χ1) is 12.5. The molecular weight excluding hydrogens is 324 g/mol. The standard InChI is InChI=1S/C21H24N4O/c1-15-8-7-10-18(12-15)25-16(2)19(13-22-25)21(26)23-20-11-6-5-9-17(20)14-24(3)4/h5-13H,14H2,1-4H3,(H,23,26). The Kier molecular flexibility index (Phi) is 5.19. The molecule has 1 aromatic heterocycles. The van der Waals surface area contributed by atoms with Crippen molar-refractivity contribution in [2.45, 2.75) is 20.4 Å². The summed E-state index contributed by atoms with van der Waals surface area (Å²) in [7, 11) is 4.02. The SMILES string of the molecule is Cc1cccc(-n2ncc(C(=O)Nc3ccccc3CN(C)C)c2C)c1. The molecule has 1 amide bonds. The van der Waals surface area contributed by atoms with Gasteiger partial charge in [0.1, 0.15) is 0 Å². The third kappa shape index (κ3) is 3.83. The molecule has 0 fully saturated rings. The number of hydrogen-bond donors (Lipinski definition) is 1. The quantitative estimate of drug-likeness (QED) is 0.763. The minimum atomic E-state index is -0.146. The van der Waals surface area contributed by atoms with E-state index in [-0.39, 0.29) is 5.91 Å². The summed E-state index contributed by atoms with van der Waals surface area (Å²) in [6, 6.07) is 15.9. The average molecular weight is 348 g/mol. The van der Waals surface area contributed by atoms with Gasteiger partial charge in [0.15, 0.2) is 0 Å². The van der Waals surface area contributed by atoms with Gasteiger partial charge in [-0.3, -0.25) is 4.79 Å². The summed E-state index contributed by atoms with van der Waals surface area (Å²) in [4.78, 5) is 14.9. The number of carbonyl (C=O) groups is 1. The fourth-order valence-corrected chi connectivity index (χ4v) is 2.96. The van der Waals surface area contributed by atoms with Gasteiger partial charge < -0.3 is 10.2 Å². The summed E-state index contributed by atoms with van der Waals surface area (Å²) >= 11 is 0. The minimum Gasteiger partial charge on any atom is -0.322 e. The summed E-state index contributed by atoms with van der Waals surface area (Å²) in [6.07, 6.45) is 1.63. The number of aromatic nitrogens is 2. The Morgan fingerprint density at radius 1 is 1.12 bits per heavy atom. The van der Waals surface area contributed by atoms with Crippen LogP contribution in [0.5, 0.6) is 0 Å². The predicted molar refractivity (Wildman–Crippen MR) is 105 cm³/mol. The fourth-order valence-electron chi connectivity index (χ4n) is 2.96. The molecule has 0 aliphatic rings. The van der Waals surface area contributed by atoms with Crippen LogP contribution in [0.25, 0.3) is 5.69 Å². The van der Waals surface area contributed by atoms with Crippen molar-refractivity contribution in [1.82, 2.24) is 14.7 Å². The summed E-state index contributed by atoms with van der Waals surface area (Å²) in [5.41, 5.74) is 5.41. The van der Waals surface area contributed by atoms with Crippen molar-refractivity contribution >= 4 is 11.6 Å². The number of nitrogens with zero attached hydrogens (tertiary/aromatic N) is 3. The Morgan fingerprint density at radius 3 is 2.62 bits per heavy atom. The van der Waals surface area contributed by atoms with E-state index in [2.05, 4.69) is 15.3 Å². The van der Waals surface area contributed by atoms with Crippen molar-refractivity contribution in [2.24, 2.45) is 0 Å². The molecule has 0 atom stereocenters. The molecule has 3 rings (SSSR count). The summed E-state index contributed by atoms with van der Waals surface area (Å²) in [6.45, 7) is 4.71. The molecule has 2 aromatic carbocycles. The maximum Gasteiger partial charge on any atom is 0.259 e. The minimum absolute atomic E-state index is 0.146. The first kappa shape index (κ1) is 17.9. The highest BCUT2D eigenvalue weighted by Crippen LogP contribution is 2.20. The molecule has 134 valence electrons. The molecule has 0 unspecified atom stereocenters. The largest absolute Gasteiger partial charge is 0.322 e. The van der Waals surface area contributed by atoms with Crippen molar-refractivity contribution < 1.29 is 4.79 Å². The topological polar surface area (TPSA) is 50.2 Å². The second kappa shape index (κ2) is 7.54. The maximum absolute atomic E-state index is 12.8. The fraction of sp³-hybridized carbons (Fsp3) is 0.238. The number of benzene rings is 2. The van der Waals surface area contributed by atoms with E-state index in [1.165, 1.54) is 0 Å². The van der Waals surface area contributed by atoms with E-state index in [0.717, 1.165) is 34.7 Å². The molecule has 1 N–H and O–H groups in total. The molecule has 3 aromatic rings. The van der Waals surface area contributed by atoms with E-state index in [9.17, 15) is 4.79 Å². The van der Waals surface area contributed by atoms with E-state index >= 15 is 0 Å². The molecular formula is C21H24N4O. The first-order valence-electron chi connectivity index (χ1n) is 8.61. The summed E-state index contributed by atoms with van der Waals surface area (Å²) < 4.78 is 1.80. The Bertz CT molecular complexity index is 927. The Hall–Kier alpha value is -2.92. The molecule has 26 heavy (non-hydrogen) atoms. The Balaban J connectivity index is 1.86. The Labute approximate surface area is 154 Å². The molecule has 0 saturated carbocycles. The van der Waals surface area contributed by atoms with Gasteiger partial charge in [-0.2, -0.15) is 5.10 Å². The van der Waals surface area contributed by atoms with Gasteiger partial charge in [-0.1, -0.05) is 30.3 Å². The van der Waals surface area contributed by atoms with Gasteiger partial charge >= 0.3 is 0 Å². The van der Waals surface area contributed by atoms with Crippen molar-refractivity contribution in [3.8, 4) is 5.69 Å². The zero-order chi connectivity index (χ0) is 18.7. The smallest absolute Gasteiger partial charge is 0.259 e. The molecule has 5 heteroatoms. The number of anilines is 1. The lowest BCUT2D eigenvalue weighted by Gasteiger charge is -2.14. The molecule has 0 aliphatic heterocycles. The zero-order valence-electron chi connectivity index (χ0n) is 15.7.